The number of aromatic nitrogens is 2. The quantitative estimate of drug-likeness (QED) is 0.758. The molecule has 3 heteroatoms. The van der Waals surface area contributed by atoms with Gasteiger partial charge in [0.05, 0.1) is 6.20 Å². The number of hydrogen-bond donors (Lipinski definition) is 0. The van der Waals surface area contributed by atoms with Crippen molar-refractivity contribution in [2.24, 2.45) is 24.8 Å². The van der Waals surface area contributed by atoms with Crippen molar-refractivity contribution in [3.63, 3.8) is 0 Å². The normalized spacial score (nSPS) is 41.0. The molecular formula is C15H19N3. The van der Waals surface area contributed by atoms with Crippen LogP contribution in [0.15, 0.2) is 6.20 Å². The van der Waals surface area contributed by atoms with Crippen LogP contribution in [-0.4, -0.2) is 9.55 Å². The molecule has 1 heterocycles. The summed E-state index contributed by atoms with van der Waals surface area (Å²) in [6.07, 6.45) is 10.4. The minimum Gasteiger partial charge on any atom is -0.322 e. The summed E-state index contributed by atoms with van der Waals surface area (Å²) in [6, 6.07) is 2.20. The molecule has 0 unspecified atom stereocenters. The summed E-state index contributed by atoms with van der Waals surface area (Å²) < 4.78 is 2.05. The van der Waals surface area contributed by atoms with Gasteiger partial charge in [-0.15, -0.1) is 0 Å². The first-order chi connectivity index (χ1) is 8.70. The van der Waals surface area contributed by atoms with Gasteiger partial charge in [0.2, 0.25) is 5.82 Å². The number of nitriles is 1. The van der Waals surface area contributed by atoms with Crippen LogP contribution >= 0.6 is 0 Å². The van der Waals surface area contributed by atoms with Crippen LogP contribution < -0.4 is 0 Å². The first-order valence-corrected chi connectivity index (χ1v) is 7.12. The van der Waals surface area contributed by atoms with Crippen LogP contribution in [0.4, 0.5) is 0 Å². The third-order valence-corrected chi connectivity index (χ3v) is 5.67. The van der Waals surface area contributed by atoms with Crippen molar-refractivity contribution >= 4 is 0 Å². The van der Waals surface area contributed by atoms with E-state index in [1.165, 1.54) is 44.2 Å². The minimum absolute atomic E-state index is 0.353. The molecule has 1 aromatic heterocycles. The van der Waals surface area contributed by atoms with Gasteiger partial charge in [0.25, 0.3) is 0 Å². The molecule has 0 atom stereocenters. The predicted molar refractivity (Wildman–Crippen MR) is 67.8 cm³/mol. The first-order valence-electron chi connectivity index (χ1n) is 7.12. The molecule has 4 bridgehead atoms. The summed E-state index contributed by atoms with van der Waals surface area (Å²) in [4.78, 5) is 4.29. The Morgan fingerprint density at radius 1 is 1.22 bits per heavy atom. The molecule has 4 saturated carbocycles. The molecule has 0 aliphatic heterocycles. The molecule has 0 saturated heterocycles. The molecule has 4 fully saturated rings. The maximum Gasteiger partial charge on any atom is 0.212 e. The Hall–Kier alpha value is -1.30. The van der Waals surface area contributed by atoms with Gasteiger partial charge < -0.3 is 4.57 Å². The molecule has 0 spiro atoms. The Morgan fingerprint density at radius 3 is 2.22 bits per heavy atom. The highest BCUT2D eigenvalue weighted by Gasteiger charge is 2.52. The topological polar surface area (TPSA) is 41.6 Å². The third-order valence-electron chi connectivity index (χ3n) is 5.67. The van der Waals surface area contributed by atoms with Crippen molar-refractivity contribution in [2.75, 3.05) is 0 Å². The zero-order chi connectivity index (χ0) is 12.3. The molecule has 0 radical (unpaired) electrons. The largest absolute Gasteiger partial charge is 0.322 e. The maximum absolute atomic E-state index is 9.08. The van der Waals surface area contributed by atoms with Gasteiger partial charge >= 0.3 is 0 Å². The van der Waals surface area contributed by atoms with Crippen LogP contribution in [0.1, 0.15) is 50.0 Å². The molecule has 4 aliphatic rings. The van der Waals surface area contributed by atoms with Gasteiger partial charge in [-0.3, -0.25) is 0 Å². The highest BCUT2D eigenvalue weighted by molar-refractivity contribution is 5.27. The van der Waals surface area contributed by atoms with Gasteiger partial charge in [-0.2, -0.15) is 5.26 Å². The molecule has 5 rings (SSSR count). The van der Waals surface area contributed by atoms with Gasteiger partial charge in [-0.05, 0) is 56.3 Å². The number of nitrogens with zero attached hydrogens (tertiary/aromatic N) is 3. The van der Waals surface area contributed by atoms with Crippen molar-refractivity contribution in [3.05, 3.63) is 17.7 Å². The van der Waals surface area contributed by atoms with Crippen molar-refractivity contribution < 1.29 is 0 Å². The molecule has 0 amide bonds. The first kappa shape index (κ1) is 10.6. The predicted octanol–water partition coefficient (Wildman–Crippen LogP) is 2.76. The summed E-state index contributed by atoms with van der Waals surface area (Å²) in [5.74, 6) is 3.39. The van der Waals surface area contributed by atoms with E-state index in [0.717, 1.165) is 17.8 Å². The van der Waals surface area contributed by atoms with E-state index in [0.29, 0.717) is 11.2 Å². The van der Waals surface area contributed by atoms with E-state index in [1.807, 2.05) is 17.8 Å². The van der Waals surface area contributed by atoms with Crippen LogP contribution in [0.25, 0.3) is 0 Å². The SMILES string of the molecule is Cn1c(C23CC4CC(CC(C4)C2)C3)cnc1C#N. The molecule has 94 valence electrons. The van der Waals surface area contributed by atoms with Crippen molar-refractivity contribution in [1.29, 1.82) is 5.26 Å². The van der Waals surface area contributed by atoms with E-state index in [2.05, 4.69) is 11.1 Å². The molecular weight excluding hydrogens is 222 g/mol. The van der Waals surface area contributed by atoms with Gasteiger partial charge in [-0.1, -0.05) is 0 Å². The Bertz CT molecular complexity index is 499. The second kappa shape index (κ2) is 3.38. The van der Waals surface area contributed by atoms with E-state index in [9.17, 15) is 0 Å². The van der Waals surface area contributed by atoms with E-state index in [4.69, 9.17) is 5.26 Å². The molecule has 4 aliphatic carbocycles. The summed E-state index contributed by atoms with van der Waals surface area (Å²) in [5.41, 5.74) is 1.68. The fourth-order valence-electron chi connectivity index (χ4n) is 5.43. The maximum atomic E-state index is 9.08. The number of rotatable bonds is 1. The van der Waals surface area contributed by atoms with E-state index in [1.54, 1.807) is 0 Å². The third kappa shape index (κ3) is 1.27. The van der Waals surface area contributed by atoms with E-state index < -0.39 is 0 Å². The Morgan fingerprint density at radius 2 is 1.78 bits per heavy atom. The highest BCUT2D eigenvalue weighted by atomic mass is 15.1. The van der Waals surface area contributed by atoms with Crippen molar-refractivity contribution in [1.82, 2.24) is 9.55 Å². The van der Waals surface area contributed by atoms with Crippen molar-refractivity contribution in [3.8, 4) is 6.07 Å². The zero-order valence-corrected chi connectivity index (χ0v) is 10.9. The van der Waals surface area contributed by atoms with Crippen LogP contribution in [0, 0.1) is 29.1 Å². The Balaban J connectivity index is 1.79. The Labute approximate surface area is 108 Å². The summed E-state index contributed by atoms with van der Waals surface area (Å²) in [6.45, 7) is 0. The van der Waals surface area contributed by atoms with Crippen molar-refractivity contribution in [2.45, 2.75) is 43.9 Å². The average molecular weight is 241 g/mol. The second-order valence-corrected chi connectivity index (χ2v) is 6.84. The van der Waals surface area contributed by atoms with Gasteiger partial charge in [-0.25, -0.2) is 4.98 Å². The standard InChI is InChI=1S/C15H19N3/c1-18-13(9-17-14(18)8-16)15-5-10-2-11(6-15)4-12(3-10)7-15/h9-12H,2-7H2,1H3. The smallest absolute Gasteiger partial charge is 0.212 e. The number of imidazole rings is 1. The minimum atomic E-state index is 0.353. The molecule has 0 N–H and O–H groups in total. The Kier molecular flexibility index (Phi) is 1.99. The van der Waals surface area contributed by atoms with Crippen LogP contribution in [0.5, 0.6) is 0 Å². The van der Waals surface area contributed by atoms with Gasteiger partial charge in [0, 0.05) is 18.2 Å². The monoisotopic (exact) mass is 241 g/mol. The van der Waals surface area contributed by atoms with Crippen LogP contribution in [0.2, 0.25) is 0 Å². The summed E-state index contributed by atoms with van der Waals surface area (Å²) in [5, 5.41) is 9.08. The van der Waals surface area contributed by atoms with Gasteiger partial charge in [0.1, 0.15) is 6.07 Å². The fourth-order valence-corrected chi connectivity index (χ4v) is 5.43. The zero-order valence-electron chi connectivity index (χ0n) is 10.9. The highest BCUT2D eigenvalue weighted by Crippen LogP contribution is 2.60. The summed E-state index contributed by atoms with van der Waals surface area (Å²) >= 11 is 0. The lowest BCUT2D eigenvalue weighted by molar-refractivity contribution is -0.00847. The van der Waals surface area contributed by atoms with E-state index >= 15 is 0 Å². The molecule has 3 nitrogen and oxygen atoms in total. The lowest BCUT2D eigenvalue weighted by Crippen LogP contribution is -2.49. The number of hydrogen-bond acceptors (Lipinski definition) is 2. The summed E-state index contributed by atoms with van der Waals surface area (Å²) in [7, 11) is 2.01. The molecule has 0 aromatic carbocycles. The van der Waals surface area contributed by atoms with Crippen LogP contribution in [0.3, 0.4) is 0 Å². The molecule has 1 aromatic rings. The fraction of sp³-hybridized carbons (Fsp3) is 0.733. The lowest BCUT2D eigenvalue weighted by atomic mass is 9.49. The van der Waals surface area contributed by atoms with Crippen LogP contribution in [-0.2, 0) is 12.5 Å². The van der Waals surface area contributed by atoms with E-state index in [-0.39, 0.29) is 0 Å². The molecule has 18 heavy (non-hydrogen) atoms. The average Bonchev–Trinajstić information content (AvgIpc) is 2.69. The van der Waals surface area contributed by atoms with Gasteiger partial charge in [0.15, 0.2) is 0 Å². The lowest BCUT2D eigenvalue weighted by Gasteiger charge is -2.56. The second-order valence-electron chi connectivity index (χ2n) is 6.84.